The summed E-state index contributed by atoms with van der Waals surface area (Å²) in [6.07, 6.45) is 1.25. The standard InChI is InChI=1S/C12H12FN3O2/c13-7-3-1-4-8-10(7)11(17)16(12(18)15-8)9-5-2-6-14-9/h1,3-4,9,14H,2,5-6H2,(H,15,18). The van der Waals surface area contributed by atoms with E-state index in [0.29, 0.717) is 6.42 Å². The largest absolute Gasteiger partial charge is 0.330 e. The fraction of sp³-hybridized carbons (Fsp3) is 0.333. The van der Waals surface area contributed by atoms with E-state index in [1.54, 1.807) is 0 Å². The molecule has 94 valence electrons. The first-order chi connectivity index (χ1) is 8.68. The van der Waals surface area contributed by atoms with E-state index >= 15 is 0 Å². The van der Waals surface area contributed by atoms with E-state index in [1.165, 1.54) is 18.2 Å². The van der Waals surface area contributed by atoms with E-state index in [4.69, 9.17) is 0 Å². The van der Waals surface area contributed by atoms with Crippen LogP contribution in [0.15, 0.2) is 27.8 Å². The van der Waals surface area contributed by atoms with Crippen LogP contribution in [0.5, 0.6) is 0 Å². The molecule has 2 N–H and O–H groups in total. The van der Waals surface area contributed by atoms with Gasteiger partial charge in [0.2, 0.25) is 0 Å². The predicted octanol–water partition coefficient (Wildman–Crippen LogP) is 0.711. The number of benzene rings is 1. The van der Waals surface area contributed by atoms with Crippen LogP contribution in [0, 0.1) is 5.82 Å². The summed E-state index contributed by atoms with van der Waals surface area (Å²) in [6.45, 7) is 0.756. The van der Waals surface area contributed by atoms with E-state index in [1.807, 2.05) is 0 Å². The monoisotopic (exact) mass is 249 g/mol. The number of H-pyrrole nitrogens is 1. The molecule has 2 heterocycles. The van der Waals surface area contributed by atoms with Crippen LogP contribution >= 0.6 is 0 Å². The molecular weight excluding hydrogens is 237 g/mol. The summed E-state index contributed by atoms with van der Waals surface area (Å²) in [4.78, 5) is 26.7. The Kier molecular flexibility index (Phi) is 2.52. The first-order valence-corrected chi connectivity index (χ1v) is 5.85. The van der Waals surface area contributed by atoms with Crippen molar-refractivity contribution in [2.24, 2.45) is 0 Å². The Bertz CT molecular complexity index is 713. The Morgan fingerprint density at radius 2 is 2.17 bits per heavy atom. The predicted molar refractivity (Wildman–Crippen MR) is 65.1 cm³/mol. The third-order valence-electron chi connectivity index (χ3n) is 3.25. The highest BCUT2D eigenvalue weighted by atomic mass is 19.1. The van der Waals surface area contributed by atoms with Crippen molar-refractivity contribution in [3.8, 4) is 0 Å². The van der Waals surface area contributed by atoms with Gasteiger partial charge in [0, 0.05) is 0 Å². The van der Waals surface area contributed by atoms with Gasteiger partial charge in [0.15, 0.2) is 0 Å². The summed E-state index contributed by atoms with van der Waals surface area (Å²) in [5.41, 5.74) is -0.844. The molecule has 0 saturated carbocycles. The Balaban J connectivity index is 2.36. The quantitative estimate of drug-likeness (QED) is 0.782. The smallest absolute Gasteiger partial charge is 0.306 e. The molecule has 0 radical (unpaired) electrons. The summed E-state index contributed by atoms with van der Waals surface area (Å²) in [6, 6.07) is 4.20. The van der Waals surface area contributed by atoms with Gasteiger partial charge in [0.1, 0.15) is 5.82 Å². The van der Waals surface area contributed by atoms with E-state index in [9.17, 15) is 14.0 Å². The van der Waals surface area contributed by atoms with Crippen molar-refractivity contribution in [1.82, 2.24) is 14.9 Å². The molecule has 0 spiro atoms. The van der Waals surface area contributed by atoms with Crippen LogP contribution in [-0.2, 0) is 0 Å². The van der Waals surface area contributed by atoms with Crippen molar-refractivity contribution in [3.05, 3.63) is 44.9 Å². The summed E-state index contributed by atoms with van der Waals surface area (Å²) in [5.74, 6) is -0.611. The molecule has 2 aromatic rings. The zero-order chi connectivity index (χ0) is 12.7. The molecule has 1 aromatic heterocycles. The number of hydrogen-bond donors (Lipinski definition) is 2. The highest BCUT2D eigenvalue weighted by molar-refractivity contribution is 5.77. The molecule has 18 heavy (non-hydrogen) atoms. The lowest BCUT2D eigenvalue weighted by atomic mass is 10.2. The van der Waals surface area contributed by atoms with Gasteiger partial charge in [-0.2, -0.15) is 0 Å². The normalized spacial score (nSPS) is 19.5. The van der Waals surface area contributed by atoms with Gasteiger partial charge in [-0.05, 0) is 31.5 Å². The molecule has 0 aliphatic carbocycles. The molecule has 1 aliphatic heterocycles. The SMILES string of the molecule is O=c1[nH]c2cccc(F)c2c(=O)n1C1CCCN1. The number of nitrogens with zero attached hydrogens (tertiary/aromatic N) is 1. The molecule has 1 fully saturated rings. The van der Waals surface area contributed by atoms with Crippen LogP contribution in [0.4, 0.5) is 4.39 Å². The Morgan fingerprint density at radius 1 is 1.33 bits per heavy atom. The molecule has 1 unspecified atom stereocenters. The van der Waals surface area contributed by atoms with Crippen molar-refractivity contribution < 1.29 is 4.39 Å². The molecule has 1 saturated heterocycles. The van der Waals surface area contributed by atoms with Crippen LogP contribution in [0.2, 0.25) is 0 Å². The van der Waals surface area contributed by atoms with Gasteiger partial charge in [-0.1, -0.05) is 6.07 Å². The van der Waals surface area contributed by atoms with E-state index in [0.717, 1.165) is 17.5 Å². The first kappa shape index (κ1) is 11.2. The Hall–Kier alpha value is -1.95. The Morgan fingerprint density at radius 3 is 2.89 bits per heavy atom. The summed E-state index contributed by atoms with van der Waals surface area (Å²) in [7, 11) is 0. The Labute approximate surface area is 101 Å². The van der Waals surface area contributed by atoms with Gasteiger partial charge < -0.3 is 4.98 Å². The second kappa shape index (κ2) is 4.06. The minimum atomic E-state index is -0.611. The minimum Gasteiger partial charge on any atom is -0.306 e. The van der Waals surface area contributed by atoms with E-state index in [2.05, 4.69) is 10.3 Å². The summed E-state index contributed by atoms with van der Waals surface area (Å²) in [5, 5.41) is 3.00. The van der Waals surface area contributed by atoms with Crippen molar-refractivity contribution in [3.63, 3.8) is 0 Å². The lowest BCUT2D eigenvalue weighted by Crippen LogP contribution is -2.41. The van der Waals surface area contributed by atoms with E-state index < -0.39 is 17.1 Å². The van der Waals surface area contributed by atoms with Gasteiger partial charge in [-0.3, -0.25) is 10.1 Å². The maximum absolute atomic E-state index is 13.7. The topological polar surface area (TPSA) is 66.9 Å². The molecule has 3 rings (SSSR count). The lowest BCUT2D eigenvalue weighted by Gasteiger charge is -2.13. The molecule has 1 aliphatic rings. The van der Waals surface area contributed by atoms with Crippen molar-refractivity contribution in [2.75, 3.05) is 6.54 Å². The third-order valence-corrected chi connectivity index (χ3v) is 3.25. The first-order valence-electron chi connectivity index (χ1n) is 5.85. The average molecular weight is 249 g/mol. The average Bonchev–Trinajstić information content (AvgIpc) is 2.82. The lowest BCUT2D eigenvalue weighted by molar-refractivity contribution is 0.438. The van der Waals surface area contributed by atoms with Crippen LogP contribution in [-0.4, -0.2) is 16.1 Å². The number of aromatic nitrogens is 2. The van der Waals surface area contributed by atoms with Gasteiger partial charge >= 0.3 is 5.69 Å². The maximum atomic E-state index is 13.7. The van der Waals surface area contributed by atoms with Gasteiger partial charge in [-0.15, -0.1) is 0 Å². The van der Waals surface area contributed by atoms with Gasteiger partial charge in [-0.25, -0.2) is 13.8 Å². The van der Waals surface area contributed by atoms with E-state index in [-0.39, 0.29) is 17.1 Å². The molecule has 0 amide bonds. The number of fused-ring (bicyclic) bond motifs is 1. The number of hydrogen-bond acceptors (Lipinski definition) is 3. The summed E-state index contributed by atoms with van der Waals surface area (Å²) >= 11 is 0. The summed E-state index contributed by atoms with van der Waals surface area (Å²) < 4.78 is 14.8. The second-order valence-electron chi connectivity index (χ2n) is 4.38. The van der Waals surface area contributed by atoms with Gasteiger partial charge in [0.25, 0.3) is 5.56 Å². The van der Waals surface area contributed by atoms with Crippen molar-refractivity contribution >= 4 is 10.9 Å². The van der Waals surface area contributed by atoms with Crippen LogP contribution in [0.25, 0.3) is 10.9 Å². The second-order valence-corrected chi connectivity index (χ2v) is 4.38. The number of nitrogens with one attached hydrogen (secondary N) is 2. The fourth-order valence-electron chi connectivity index (χ4n) is 2.40. The molecule has 5 nitrogen and oxygen atoms in total. The van der Waals surface area contributed by atoms with Crippen molar-refractivity contribution in [1.29, 1.82) is 0 Å². The van der Waals surface area contributed by atoms with Crippen LogP contribution < -0.4 is 16.6 Å². The highest BCUT2D eigenvalue weighted by Crippen LogP contribution is 2.15. The molecule has 1 aromatic carbocycles. The molecular formula is C12H12FN3O2. The fourth-order valence-corrected chi connectivity index (χ4v) is 2.40. The number of halogens is 1. The number of rotatable bonds is 1. The molecule has 6 heteroatoms. The maximum Gasteiger partial charge on any atom is 0.330 e. The highest BCUT2D eigenvalue weighted by Gasteiger charge is 2.21. The van der Waals surface area contributed by atoms with Crippen LogP contribution in [0.1, 0.15) is 19.0 Å². The third kappa shape index (κ3) is 1.57. The minimum absolute atomic E-state index is 0.0641. The molecule has 1 atom stereocenters. The van der Waals surface area contributed by atoms with Crippen LogP contribution in [0.3, 0.4) is 0 Å². The zero-order valence-corrected chi connectivity index (χ0v) is 9.57. The number of aromatic amines is 1. The van der Waals surface area contributed by atoms with Crippen molar-refractivity contribution in [2.45, 2.75) is 19.0 Å². The zero-order valence-electron chi connectivity index (χ0n) is 9.57. The van der Waals surface area contributed by atoms with Gasteiger partial charge in [0.05, 0.1) is 17.1 Å². The molecule has 0 bridgehead atoms.